The quantitative estimate of drug-likeness (QED) is 0.346. The van der Waals surface area contributed by atoms with Gasteiger partial charge in [-0.05, 0) is 25.1 Å². The third kappa shape index (κ3) is 4.04. The van der Waals surface area contributed by atoms with E-state index in [1.807, 2.05) is 67.6 Å². The molecule has 0 aliphatic carbocycles. The van der Waals surface area contributed by atoms with Crippen LogP contribution in [0.3, 0.4) is 0 Å². The Bertz CT molecular complexity index is 1080. The van der Waals surface area contributed by atoms with Crippen LogP contribution in [0.25, 0.3) is 22.6 Å². The van der Waals surface area contributed by atoms with Gasteiger partial charge in [-0.2, -0.15) is 4.98 Å². The highest BCUT2D eigenvalue weighted by Crippen LogP contribution is 2.28. The van der Waals surface area contributed by atoms with Crippen LogP contribution >= 0.6 is 11.8 Å². The van der Waals surface area contributed by atoms with Crippen LogP contribution in [-0.2, 0) is 5.75 Å². The van der Waals surface area contributed by atoms with E-state index in [1.165, 1.54) is 11.8 Å². The van der Waals surface area contributed by atoms with Crippen LogP contribution in [-0.4, -0.2) is 27.2 Å². The van der Waals surface area contributed by atoms with Crippen molar-refractivity contribution >= 4 is 11.8 Å². The molecule has 0 saturated carbocycles. The summed E-state index contributed by atoms with van der Waals surface area (Å²) in [5.74, 6) is 2.21. The van der Waals surface area contributed by atoms with E-state index in [9.17, 15) is 0 Å². The van der Waals surface area contributed by atoms with Crippen LogP contribution in [0, 0.1) is 6.92 Å². The van der Waals surface area contributed by atoms with Crippen molar-refractivity contribution in [3.05, 3.63) is 72.2 Å². The number of hydrogen-bond acceptors (Lipinski definition) is 7. The molecule has 28 heavy (non-hydrogen) atoms. The van der Waals surface area contributed by atoms with Gasteiger partial charge in [-0.3, -0.25) is 0 Å². The third-order valence-electron chi connectivity index (χ3n) is 4.04. The lowest BCUT2D eigenvalue weighted by molar-refractivity contribution is 0.390. The molecule has 2 heterocycles. The van der Waals surface area contributed by atoms with E-state index in [4.69, 9.17) is 9.26 Å². The van der Waals surface area contributed by atoms with E-state index in [0.29, 0.717) is 28.4 Å². The maximum atomic E-state index is 5.39. The zero-order valence-electron chi connectivity index (χ0n) is 15.5. The highest BCUT2D eigenvalue weighted by Gasteiger charge is 2.14. The Morgan fingerprint density at radius 1 is 0.964 bits per heavy atom. The molecule has 0 saturated heterocycles. The number of ether oxygens (including phenoxy) is 1. The molecule has 140 valence electrons. The van der Waals surface area contributed by atoms with E-state index in [1.54, 1.807) is 7.11 Å². The zero-order chi connectivity index (χ0) is 19.3. The summed E-state index contributed by atoms with van der Waals surface area (Å²) in [4.78, 5) is 13.6. The predicted molar refractivity (Wildman–Crippen MR) is 108 cm³/mol. The van der Waals surface area contributed by atoms with Crippen LogP contribution in [0.1, 0.15) is 11.6 Å². The van der Waals surface area contributed by atoms with Crippen LogP contribution in [0.5, 0.6) is 5.75 Å². The SMILES string of the molecule is COc1ccccc1-c1noc(CSc2nc(C)cc(-c3ccccc3)n2)n1. The highest BCUT2D eigenvalue weighted by molar-refractivity contribution is 7.98. The standard InChI is InChI=1S/C21H18N4O2S/c1-14-12-17(15-8-4-3-5-9-15)23-21(22-14)28-13-19-24-20(25-27-19)16-10-6-7-11-18(16)26-2/h3-12H,13H2,1-2H3. The Kier molecular flexibility index (Phi) is 5.34. The first-order chi connectivity index (χ1) is 13.7. The summed E-state index contributed by atoms with van der Waals surface area (Å²) in [6.45, 7) is 1.96. The first-order valence-electron chi connectivity index (χ1n) is 8.73. The smallest absolute Gasteiger partial charge is 0.237 e. The van der Waals surface area contributed by atoms with Gasteiger partial charge in [0.25, 0.3) is 0 Å². The largest absolute Gasteiger partial charge is 0.496 e. The van der Waals surface area contributed by atoms with Gasteiger partial charge in [-0.25, -0.2) is 9.97 Å². The third-order valence-corrected chi connectivity index (χ3v) is 4.88. The van der Waals surface area contributed by atoms with Crippen molar-refractivity contribution in [1.82, 2.24) is 20.1 Å². The van der Waals surface area contributed by atoms with Crippen LogP contribution in [0.15, 0.2) is 70.3 Å². The lowest BCUT2D eigenvalue weighted by Gasteiger charge is -2.05. The molecule has 0 spiro atoms. The molecule has 2 aromatic carbocycles. The average molecular weight is 390 g/mol. The molecule has 0 bridgehead atoms. The number of hydrogen-bond donors (Lipinski definition) is 0. The molecule has 4 rings (SSSR count). The fraction of sp³-hybridized carbons (Fsp3) is 0.143. The lowest BCUT2D eigenvalue weighted by Crippen LogP contribution is -1.94. The summed E-state index contributed by atoms with van der Waals surface area (Å²) < 4.78 is 10.8. The van der Waals surface area contributed by atoms with Crippen molar-refractivity contribution < 1.29 is 9.26 Å². The van der Waals surface area contributed by atoms with Gasteiger partial charge in [0, 0.05) is 11.3 Å². The van der Waals surface area contributed by atoms with Crippen molar-refractivity contribution in [2.45, 2.75) is 17.8 Å². The first-order valence-corrected chi connectivity index (χ1v) is 9.71. The summed E-state index contributed by atoms with van der Waals surface area (Å²) in [7, 11) is 1.62. The molecular weight excluding hydrogens is 372 g/mol. The second-order valence-electron chi connectivity index (χ2n) is 6.04. The number of aryl methyl sites for hydroxylation is 1. The number of para-hydroxylation sites is 1. The maximum absolute atomic E-state index is 5.39. The van der Waals surface area contributed by atoms with Crippen LogP contribution in [0.4, 0.5) is 0 Å². The van der Waals surface area contributed by atoms with E-state index < -0.39 is 0 Å². The predicted octanol–water partition coefficient (Wildman–Crippen LogP) is 4.80. The Morgan fingerprint density at radius 3 is 2.57 bits per heavy atom. The Balaban J connectivity index is 1.51. The Labute approximate surface area is 167 Å². The highest BCUT2D eigenvalue weighted by atomic mass is 32.2. The summed E-state index contributed by atoms with van der Waals surface area (Å²) in [6, 6.07) is 19.6. The molecule has 7 heteroatoms. The molecule has 0 atom stereocenters. The van der Waals surface area contributed by atoms with Crippen molar-refractivity contribution in [3.63, 3.8) is 0 Å². The molecule has 6 nitrogen and oxygen atoms in total. The van der Waals surface area contributed by atoms with Crippen molar-refractivity contribution in [2.75, 3.05) is 7.11 Å². The van der Waals surface area contributed by atoms with E-state index in [0.717, 1.165) is 22.5 Å². The second kappa shape index (κ2) is 8.22. The molecule has 0 aliphatic rings. The molecule has 4 aromatic rings. The Morgan fingerprint density at radius 2 is 1.75 bits per heavy atom. The average Bonchev–Trinajstić information content (AvgIpc) is 3.21. The van der Waals surface area contributed by atoms with Gasteiger partial charge in [0.1, 0.15) is 5.75 Å². The van der Waals surface area contributed by atoms with Crippen molar-refractivity contribution in [1.29, 1.82) is 0 Å². The molecular formula is C21H18N4O2S. The van der Waals surface area contributed by atoms with E-state index in [-0.39, 0.29) is 0 Å². The number of rotatable bonds is 6. The van der Waals surface area contributed by atoms with Gasteiger partial charge in [-0.15, -0.1) is 0 Å². The molecule has 0 amide bonds. The molecule has 0 N–H and O–H groups in total. The molecule has 0 fully saturated rings. The fourth-order valence-corrected chi connectivity index (χ4v) is 3.48. The summed E-state index contributed by atoms with van der Waals surface area (Å²) >= 11 is 1.47. The number of aromatic nitrogens is 4. The molecule has 0 aliphatic heterocycles. The van der Waals surface area contributed by atoms with Gasteiger partial charge >= 0.3 is 0 Å². The number of nitrogens with zero attached hydrogens (tertiary/aromatic N) is 4. The Hall–Kier alpha value is -3.19. The molecule has 0 unspecified atom stereocenters. The van der Waals surface area contributed by atoms with E-state index in [2.05, 4.69) is 20.1 Å². The molecule has 2 aromatic heterocycles. The first kappa shape index (κ1) is 18.2. The molecule has 0 radical (unpaired) electrons. The number of thioether (sulfide) groups is 1. The van der Waals surface area contributed by atoms with Gasteiger partial charge in [0.15, 0.2) is 5.16 Å². The van der Waals surface area contributed by atoms with Crippen molar-refractivity contribution in [3.8, 4) is 28.4 Å². The minimum absolute atomic E-state index is 0.486. The fourth-order valence-electron chi connectivity index (χ4n) is 2.74. The minimum Gasteiger partial charge on any atom is -0.496 e. The number of benzene rings is 2. The number of methoxy groups -OCH3 is 1. The van der Waals surface area contributed by atoms with Gasteiger partial charge in [0.2, 0.25) is 11.7 Å². The van der Waals surface area contributed by atoms with Gasteiger partial charge < -0.3 is 9.26 Å². The summed E-state index contributed by atoms with van der Waals surface area (Å²) in [5, 5.41) is 4.75. The van der Waals surface area contributed by atoms with Gasteiger partial charge in [0.05, 0.1) is 24.1 Å². The van der Waals surface area contributed by atoms with Crippen molar-refractivity contribution in [2.24, 2.45) is 0 Å². The van der Waals surface area contributed by atoms with Crippen LogP contribution in [0.2, 0.25) is 0 Å². The summed E-state index contributed by atoms with van der Waals surface area (Å²) in [5.41, 5.74) is 3.67. The monoisotopic (exact) mass is 390 g/mol. The summed E-state index contributed by atoms with van der Waals surface area (Å²) in [6.07, 6.45) is 0. The minimum atomic E-state index is 0.486. The second-order valence-corrected chi connectivity index (χ2v) is 6.99. The normalized spacial score (nSPS) is 10.8. The van der Waals surface area contributed by atoms with Crippen LogP contribution < -0.4 is 4.74 Å². The zero-order valence-corrected chi connectivity index (χ0v) is 16.3. The van der Waals surface area contributed by atoms with E-state index >= 15 is 0 Å². The topological polar surface area (TPSA) is 73.9 Å². The maximum Gasteiger partial charge on any atom is 0.237 e. The van der Waals surface area contributed by atoms with Gasteiger partial charge in [-0.1, -0.05) is 59.4 Å². The lowest BCUT2D eigenvalue weighted by atomic mass is 10.1.